The Morgan fingerprint density at radius 3 is 2.17 bits per heavy atom. The average Bonchev–Trinajstić information content (AvgIpc) is 2.81. The Kier molecular flexibility index (Phi) is 13.1. The van der Waals surface area contributed by atoms with Gasteiger partial charge in [0.1, 0.15) is 18.3 Å². The van der Waals surface area contributed by atoms with E-state index in [0.29, 0.717) is 6.42 Å². The van der Waals surface area contributed by atoms with Gasteiger partial charge in [-0.15, -0.1) is 0 Å². The van der Waals surface area contributed by atoms with Gasteiger partial charge in [0.25, 0.3) is 0 Å². The molecule has 10 unspecified atom stereocenters. The fourth-order valence-electron chi connectivity index (χ4n) is 3.99. The number of carbonyl (C=O) groups is 3. The van der Waals surface area contributed by atoms with Gasteiger partial charge in [0, 0.05) is 13.0 Å². The molecular formula is C23H40O12. The topological polar surface area (TPSA) is 189 Å². The third-order valence-corrected chi connectivity index (χ3v) is 6.38. The molecule has 1 aliphatic rings. The van der Waals surface area contributed by atoms with E-state index in [1.165, 1.54) is 14.0 Å². The number of hydrogen-bond donors (Lipinski definition) is 5. The molecule has 0 amide bonds. The van der Waals surface area contributed by atoms with Crippen LogP contribution in [0.2, 0.25) is 0 Å². The number of ether oxygens (including phenoxy) is 4. The van der Waals surface area contributed by atoms with Gasteiger partial charge in [-0.2, -0.15) is 0 Å². The van der Waals surface area contributed by atoms with E-state index in [0.717, 1.165) is 12.8 Å². The highest BCUT2D eigenvalue weighted by Gasteiger charge is 2.49. The molecule has 204 valence electrons. The van der Waals surface area contributed by atoms with Crippen LogP contribution in [0.4, 0.5) is 0 Å². The van der Waals surface area contributed by atoms with E-state index in [2.05, 4.69) is 0 Å². The van der Waals surface area contributed by atoms with E-state index in [4.69, 9.17) is 18.9 Å². The normalized spacial score (nSPS) is 29.0. The first-order valence-electron chi connectivity index (χ1n) is 11.8. The largest absolute Gasteiger partial charge is 0.481 e. The summed E-state index contributed by atoms with van der Waals surface area (Å²) in [5.74, 6) is -4.90. The number of esters is 1. The van der Waals surface area contributed by atoms with Crippen LogP contribution in [-0.4, -0.2) is 100 Å². The number of methoxy groups -OCH3 is 1. The lowest BCUT2D eigenvalue weighted by molar-refractivity contribution is -0.312. The number of carboxylic acids is 2. The van der Waals surface area contributed by atoms with Crippen molar-refractivity contribution in [3.05, 3.63) is 0 Å². The minimum Gasteiger partial charge on any atom is -0.481 e. The number of aliphatic hydroxyl groups excluding tert-OH is 3. The maximum atomic E-state index is 12.2. The minimum atomic E-state index is -1.64. The third kappa shape index (κ3) is 8.96. The molecule has 0 aromatic heterocycles. The standard InChI is InChI=1S/C23H40O12/c1-6-7-8-11(2)14(21(28)29)9-15(24)33-10-12(3)16(25)13(4)34-23-18(27)17(26)19(32-5)20(35-23)22(30)31/h11-14,16-20,23,25-27H,6-10H2,1-5H3,(H,28,29)(H,30,31). The Morgan fingerprint density at radius 1 is 1.03 bits per heavy atom. The van der Waals surface area contributed by atoms with E-state index in [1.807, 2.05) is 6.92 Å². The second kappa shape index (κ2) is 14.7. The van der Waals surface area contributed by atoms with Gasteiger partial charge < -0.3 is 44.5 Å². The quantitative estimate of drug-likeness (QED) is 0.192. The summed E-state index contributed by atoms with van der Waals surface area (Å²) in [7, 11) is 1.17. The lowest BCUT2D eigenvalue weighted by Gasteiger charge is -2.41. The van der Waals surface area contributed by atoms with Crippen molar-refractivity contribution in [1.29, 1.82) is 0 Å². The zero-order chi connectivity index (χ0) is 26.9. The van der Waals surface area contributed by atoms with Crippen LogP contribution in [0.15, 0.2) is 0 Å². The van der Waals surface area contributed by atoms with Gasteiger partial charge in [-0.1, -0.05) is 33.6 Å². The van der Waals surface area contributed by atoms with Crippen LogP contribution < -0.4 is 0 Å². The first kappa shape index (κ1) is 31.2. The molecule has 0 saturated carbocycles. The predicted molar refractivity (Wildman–Crippen MR) is 120 cm³/mol. The van der Waals surface area contributed by atoms with Gasteiger partial charge in [0.05, 0.1) is 31.2 Å². The van der Waals surface area contributed by atoms with Gasteiger partial charge >= 0.3 is 17.9 Å². The zero-order valence-corrected chi connectivity index (χ0v) is 20.9. The van der Waals surface area contributed by atoms with E-state index < -0.39 is 72.7 Å². The first-order chi connectivity index (χ1) is 16.3. The first-order valence-corrected chi connectivity index (χ1v) is 11.8. The lowest BCUT2D eigenvalue weighted by atomic mass is 9.87. The molecule has 1 saturated heterocycles. The SMILES string of the molecule is CCCCC(C)C(CC(=O)OCC(C)C(O)C(C)OC1OC(C(=O)O)C(OC)C(O)C1O)C(=O)O. The fraction of sp³-hybridized carbons (Fsp3) is 0.870. The number of aliphatic hydroxyl groups is 3. The Labute approximate surface area is 205 Å². The highest BCUT2D eigenvalue weighted by atomic mass is 16.7. The summed E-state index contributed by atoms with van der Waals surface area (Å²) < 4.78 is 20.8. The summed E-state index contributed by atoms with van der Waals surface area (Å²) in [6.07, 6.45) is -7.78. The molecule has 0 aromatic carbocycles. The van der Waals surface area contributed by atoms with Crippen LogP contribution in [0.3, 0.4) is 0 Å². The lowest BCUT2D eigenvalue weighted by Crippen LogP contribution is -2.61. The highest BCUT2D eigenvalue weighted by Crippen LogP contribution is 2.27. The average molecular weight is 509 g/mol. The molecule has 12 nitrogen and oxygen atoms in total. The maximum Gasteiger partial charge on any atom is 0.335 e. The summed E-state index contributed by atoms with van der Waals surface area (Å²) in [5, 5.41) is 49.7. The van der Waals surface area contributed by atoms with Crippen LogP contribution in [0, 0.1) is 17.8 Å². The van der Waals surface area contributed by atoms with Gasteiger partial charge in [-0.05, 0) is 19.3 Å². The summed E-state index contributed by atoms with van der Waals surface area (Å²) in [4.78, 5) is 35.2. The molecule has 0 radical (unpaired) electrons. The highest BCUT2D eigenvalue weighted by molar-refractivity contribution is 5.79. The molecule has 0 aromatic rings. The van der Waals surface area contributed by atoms with Crippen molar-refractivity contribution in [3.63, 3.8) is 0 Å². The molecule has 1 fully saturated rings. The summed E-state index contributed by atoms with van der Waals surface area (Å²) in [6.45, 7) is 6.58. The number of hydrogen-bond acceptors (Lipinski definition) is 10. The number of carbonyl (C=O) groups excluding carboxylic acids is 1. The maximum absolute atomic E-state index is 12.2. The molecule has 5 N–H and O–H groups in total. The molecule has 12 heteroatoms. The van der Waals surface area contributed by atoms with Crippen LogP contribution >= 0.6 is 0 Å². The van der Waals surface area contributed by atoms with Gasteiger partial charge in [0.2, 0.25) is 0 Å². The molecule has 0 aliphatic carbocycles. The van der Waals surface area contributed by atoms with Crippen LogP contribution in [0.5, 0.6) is 0 Å². The number of aliphatic carboxylic acids is 2. The van der Waals surface area contributed by atoms with Gasteiger partial charge in [-0.3, -0.25) is 9.59 Å². The number of carboxylic acid groups (broad SMARTS) is 2. The Hall–Kier alpha value is -1.83. The van der Waals surface area contributed by atoms with Crippen LogP contribution in [-0.2, 0) is 33.3 Å². The number of rotatable bonds is 15. The summed E-state index contributed by atoms with van der Waals surface area (Å²) in [5.41, 5.74) is 0. The third-order valence-electron chi connectivity index (χ3n) is 6.38. The van der Waals surface area contributed by atoms with Crippen LogP contribution in [0.1, 0.15) is 53.4 Å². The fourth-order valence-corrected chi connectivity index (χ4v) is 3.99. The van der Waals surface area contributed by atoms with Gasteiger partial charge in [-0.25, -0.2) is 4.79 Å². The molecular weight excluding hydrogens is 468 g/mol. The van der Waals surface area contributed by atoms with E-state index in [-0.39, 0.29) is 18.9 Å². The second-order valence-electron chi connectivity index (χ2n) is 9.21. The molecule has 0 spiro atoms. The van der Waals surface area contributed by atoms with Crippen molar-refractivity contribution < 1.29 is 58.9 Å². The summed E-state index contributed by atoms with van der Waals surface area (Å²) >= 11 is 0. The van der Waals surface area contributed by atoms with Crippen molar-refractivity contribution in [2.24, 2.45) is 17.8 Å². The Morgan fingerprint density at radius 2 is 1.66 bits per heavy atom. The molecule has 1 aliphatic heterocycles. The van der Waals surface area contributed by atoms with Crippen molar-refractivity contribution in [2.75, 3.05) is 13.7 Å². The van der Waals surface area contributed by atoms with Crippen molar-refractivity contribution in [2.45, 2.75) is 96.3 Å². The second-order valence-corrected chi connectivity index (χ2v) is 9.21. The molecule has 10 atom stereocenters. The molecule has 35 heavy (non-hydrogen) atoms. The van der Waals surface area contributed by atoms with Gasteiger partial charge in [0.15, 0.2) is 12.4 Å². The Bertz CT molecular complexity index is 685. The van der Waals surface area contributed by atoms with Crippen LogP contribution in [0.25, 0.3) is 0 Å². The van der Waals surface area contributed by atoms with Crippen molar-refractivity contribution in [3.8, 4) is 0 Å². The van der Waals surface area contributed by atoms with E-state index in [9.17, 15) is 39.9 Å². The molecule has 1 rings (SSSR count). The summed E-state index contributed by atoms with van der Waals surface area (Å²) in [6, 6.07) is 0. The monoisotopic (exact) mass is 508 g/mol. The predicted octanol–water partition coefficient (Wildman–Crippen LogP) is 0.395. The van der Waals surface area contributed by atoms with E-state index >= 15 is 0 Å². The molecule has 0 bridgehead atoms. The Balaban J connectivity index is 2.64. The minimum absolute atomic E-state index is 0.193. The van der Waals surface area contributed by atoms with Crippen molar-refractivity contribution in [1.82, 2.24) is 0 Å². The number of unbranched alkanes of at least 4 members (excludes halogenated alkanes) is 1. The zero-order valence-electron chi connectivity index (χ0n) is 20.9. The molecule has 1 heterocycles. The smallest absolute Gasteiger partial charge is 0.335 e. The van der Waals surface area contributed by atoms with E-state index in [1.54, 1.807) is 13.8 Å². The van der Waals surface area contributed by atoms with Crippen molar-refractivity contribution >= 4 is 17.9 Å².